The number of nitrogens with one attached hydrogen (secondary N) is 2. The molecule has 2 N–H and O–H groups in total. The predicted octanol–water partition coefficient (Wildman–Crippen LogP) is 2.64. The first-order chi connectivity index (χ1) is 14.3. The number of hydrogen-bond donors (Lipinski definition) is 2. The van der Waals surface area contributed by atoms with Gasteiger partial charge in [0, 0.05) is 29.7 Å². The minimum Gasteiger partial charge on any atom is -0.347 e. The lowest BCUT2D eigenvalue weighted by atomic mass is 9.97. The first-order valence-electron chi connectivity index (χ1n) is 9.68. The van der Waals surface area contributed by atoms with Gasteiger partial charge in [0.1, 0.15) is 0 Å². The van der Waals surface area contributed by atoms with Crippen molar-refractivity contribution in [2.24, 2.45) is 5.92 Å². The molecule has 30 heavy (non-hydrogen) atoms. The second-order valence-electron chi connectivity index (χ2n) is 7.19. The van der Waals surface area contributed by atoms with Crippen molar-refractivity contribution in [3.63, 3.8) is 0 Å². The van der Waals surface area contributed by atoms with E-state index in [1.54, 1.807) is 36.4 Å². The highest BCUT2D eigenvalue weighted by Gasteiger charge is 2.31. The summed E-state index contributed by atoms with van der Waals surface area (Å²) in [5.74, 6) is -0.929. The van der Waals surface area contributed by atoms with E-state index in [1.807, 2.05) is 18.2 Å². The number of rotatable bonds is 7. The third-order valence-corrected chi connectivity index (χ3v) is 7.06. The van der Waals surface area contributed by atoms with Crippen molar-refractivity contribution in [1.29, 1.82) is 0 Å². The highest BCUT2D eigenvalue weighted by Crippen LogP contribution is 2.22. The van der Waals surface area contributed by atoms with Gasteiger partial charge in [-0.1, -0.05) is 41.9 Å². The number of sulfonamides is 1. The second kappa shape index (κ2) is 10.1. The fraction of sp³-hybridized carbons (Fsp3) is 0.333. The number of piperidine rings is 1. The molecule has 1 aliphatic rings. The number of halogens is 1. The molecular weight excluding hydrogens is 426 g/mol. The Hall–Kier alpha value is -2.42. The maximum absolute atomic E-state index is 12.6. The first-order valence-corrected chi connectivity index (χ1v) is 11.7. The summed E-state index contributed by atoms with van der Waals surface area (Å²) in [6.45, 7) is 0.447. The van der Waals surface area contributed by atoms with Crippen LogP contribution in [0.25, 0.3) is 0 Å². The van der Waals surface area contributed by atoms with Crippen LogP contribution in [0.5, 0.6) is 0 Å². The van der Waals surface area contributed by atoms with E-state index in [2.05, 4.69) is 10.6 Å². The number of carbonyl (C=O) groups excluding carboxylic acids is 2. The van der Waals surface area contributed by atoms with Gasteiger partial charge < -0.3 is 10.6 Å². The van der Waals surface area contributed by atoms with Crippen molar-refractivity contribution in [3.05, 3.63) is 65.2 Å². The van der Waals surface area contributed by atoms with Gasteiger partial charge in [-0.3, -0.25) is 9.59 Å². The minimum absolute atomic E-state index is 0.0461. The fourth-order valence-corrected chi connectivity index (χ4v) is 5.01. The molecule has 2 aromatic rings. The zero-order chi connectivity index (χ0) is 21.6. The van der Waals surface area contributed by atoms with Crippen molar-refractivity contribution in [2.75, 3.05) is 25.0 Å². The average Bonchev–Trinajstić information content (AvgIpc) is 2.74. The van der Waals surface area contributed by atoms with E-state index < -0.39 is 10.0 Å². The smallest absolute Gasteiger partial charge is 0.243 e. The molecule has 0 atom stereocenters. The van der Waals surface area contributed by atoms with Crippen LogP contribution in [-0.2, 0) is 25.4 Å². The van der Waals surface area contributed by atoms with Gasteiger partial charge in [0.2, 0.25) is 21.8 Å². The Balaban J connectivity index is 1.43. The van der Waals surface area contributed by atoms with E-state index in [9.17, 15) is 18.0 Å². The molecule has 2 amide bonds. The summed E-state index contributed by atoms with van der Waals surface area (Å²) in [5.41, 5.74) is 1.33. The van der Waals surface area contributed by atoms with Crippen LogP contribution >= 0.6 is 11.6 Å². The molecule has 3 rings (SSSR count). The number of carbonyl (C=O) groups is 2. The molecule has 2 aromatic carbocycles. The van der Waals surface area contributed by atoms with Crippen LogP contribution in [0.3, 0.4) is 0 Å². The molecule has 0 saturated carbocycles. The molecule has 160 valence electrons. The first kappa shape index (κ1) is 22.3. The van der Waals surface area contributed by atoms with E-state index in [-0.39, 0.29) is 30.0 Å². The van der Waals surface area contributed by atoms with Gasteiger partial charge in [-0.2, -0.15) is 0 Å². The molecule has 0 aromatic heterocycles. The third kappa shape index (κ3) is 6.29. The molecule has 9 heteroatoms. The van der Waals surface area contributed by atoms with Crippen LogP contribution in [0.15, 0.2) is 54.6 Å². The van der Waals surface area contributed by atoms with Gasteiger partial charge in [-0.15, -0.1) is 0 Å². The van der Waals surface area contributed by atoms with Crippen molar-refractivity contribution < 1.29 is 18.0 Å². The summed E-state index contributed by atoms with van der Waals surface area (Å²) in [7, 11) is -3.42. The fourth-order valence-electron chi connectivity index (χ4n) is 3.32. The molecule has 1 heterocycles. The molecule has 0 unspecified atom stereocenters. The lowest BCUT2D eigenvalue weighted by Crippen LogP contribution is -2.44. The molecular formula is C21H24ClN3O4S. The number of hydrogen-bond acceptors (Lipinski definition) is 4. The molecule has 1 saturated heterocycles. The largest absolute Gasteiger partial charge is 0.347 e. The summed E-state index contributed by atoms with van der Waals surface area (Å²) in [6.07, 6.45) is 0.858. The van der Waals surface area contributed by atoms with Gasteiger partial charge in [0.15, 0.2) is 0 Å². The number of nitrogens with zero attached hydrogens (tertiary/aromatic N) is 1. The van der Waals surface area contributed by atoms with Crippen molar-refractivity contribution in [3.8, 4) is 0 Å². The molecule has 1 fully saturated rings. The molecule has 7 nitrogen and oxygen atoms in total. The summed E-state index contributed by atoms with van der Waals surface area (Å²) < 4.78 is 26.7. The van der Waals surface area contributed by atoms with Crippen LogP contribution in [0, 0.1) is 5.92 Å². The van der Waals surface area contributed by atoms with Gasteiger partial charge in [0.05, 0.1) is 12.3 Å². The normalized spacial score (nSPS) is 15.5. The van der Waals surface area contributed by atoms with Crippen molar-refractivity contribution in [1.82, 2.24) is 9.62 Å². The number of amides is 2. The third-order valence-electron chi connectivity index (χ3n) is 4.96. The summed E-state index contributed by atoms with van der Waals surface area (Å²) in [5, 5.41) is 5.88. The Bertz CT molecular complexity index is 973. The molecule has 0 radical (unpaired) electrons. The molecule has 0 spiro atoms. The summed E-state index contributed by atoms with van der Waals surface area (Å²) in [4.78, 5) is 24.4. The maximum Gasteiger partial charge on any atom is 0.243 e. The lowest BCUT2D eigenvalue weighted by Gasteiger charge is -2.30. The van der Waals surface area contributed by atoms with Crippen LogP contribution < -0.4 is 10.6 Å². The molecule has 1 aliphatic heterocycles. The predicted molar refractivity (Wildman–Crippen MR) is 116 cm³/mol. The Morgan fingerprint density at radius 2 is 1.63 bits per heavy atom. The quantitative estimate of drug-likeness (QED) is 0.679. The monoisotopic (exact) mass is 449 g/mol. The number of anilines is 1. The second-order valence-corrected chi connectivity index (χ2v) is 9.59. The van der Waals surface area contributed by atoms with Crippen LogP contribution in [-0.4, -0.2) is 44.2 Å². The van der Waals surface area contributed by atoms with E-state index in [0.29, 0.717) is 36.6 Å². The highest BCUT2D eigenvalue weighted by molar-refractivity contribution is 7.88. The van der Waals surface area contributed by atoms with E-state index in [0.717, 1.165) is 5.56 Å². The Morgan fingerprint density at radius 3 is 2.27 bits per heavy atom. The van der Waals surface area contributed by atoms with Crippen LogP contribution in [0.4, 0.5) is 5.69 Å². The zero-order valence-electron chi connectivity index (χ0n) is 16.4. The highest BCUT2D eigenvalue weighted by atomic mass is 35.5. The van der Waals surface area contributed by atoms with Crippen LogP contribution in [0.2, 0.25) is 5.02 Å². The number of benzene rings is 2. The maximum atomic E-state index is 12.6. The Morgan fingerprint density at radius 1 is 1.00 bits per heavy atom. The Labute approximate surface area is 181 Å². The standard InChI is InChI=1S/C21H24ClN3O4S/c22-18-6-8-19(9-7-18)24-20(26)14-23-21(27)17-10-12-25(13-11-17)30(28,29)15-16-4-2-1-3-5-16/h1-9,17H,10-15H2,(H,23,27)(H,24,26). The average molecular weight is 450 g/mol. The lowest BCUT2D eigenvalue weighted by molar-refractivity contribution is -0.128. The topological polar surface area (TPSA) is 95.6 Å². The zero-order valence-corrected chi connectivity index (χ0v) is 18.0. The summed E-state index contributed by atoms with van der Waals surface area (Å²) >= 11 is 5.80. The van der Waals surface area contributed by atoms with E-state index >= 15 is 0 Å². The minimum atomic E-state index is -3.42. The Kier molecular flexibility index (Phi) is 7.47. The van der Waals surface area contributed by atoms with Gasteiger partial charge in [-0.05, 0) is 42.7 Å². The van der Waals surface area contributed by atoms with Crippen molar-refractivity contribution in [2.45, 2.75) is 18.6 Å². The van der Waals surface area contributed by atoms with Crippen molar-refractivity contribution >= 4 is 39.1 Å². The summed E-state index contributed by atoms with van der Waals surface area (Å²) in [6, 6.07) is 15.7. The van der Waals surface area contributed by atoms with Gasteiger partial charge >= 0.3 is 0 Å². The van der Waals surface area contributed by atoms with E-state index in [4.69, 9.17) is 11.6 Å². The van der Waals surface area contributed by atoms with Crippen LogP contribution in [0.1, 0.15) is 18.4 Å². The SMILES string of the molecule is O=C(CNC(=O)C1CCN(S(=O)(=O)Cc2ccccc2)CC1)Nc1ccc(Cl)cc1. The van der Waals surface area contributed by atoms with Gasteiger partial charge in [-0.25, -0.2) is 12.7 Å². The van der Waals surface area contributed by atoms with E-state index in [1.165, 1.54) is 4.31 Å². The molecule has 0 bridgehead atoms. The molecule has 0 aliphatic carbocycles. The van der Waals surface area contributed by atoms with Gasteiger partial charge in [0.25, 0.3) is 0 Å².